The van der Waals surface area contributed by atoms with E-state index in [1.54, 1.807) is 7.11 Å². The van der Waals surface area contributed by atoms with Crippen molar-refractivity contribution < 1.29 is 9.84 Å². The van der Waals surface area contributed by atoms with Gasteiger partial charge in [-0.05, 0) is 0 Å². The third kappa shape index (κ3) is 2.29. The molecular weight excluding hydrogens is 222 g/mol. The molecule has 1 aromatic carbocycles. The van der Waals surface area contributed by atoms with Gasteiger partial charge in [-0.2, -0.15) is 0 Å². The molecular formula is C12H13NO2S. The molecule has 0 saturated heterocycles. The Labute approximate surface area is 98.4 Å². The highest BCUT2D eigenvalue weighted by atomic mass is 32.1. The summed E-state index contributed by atoms with van der Waals surface area (Å²) in [5, 5.41) is 10.1. The van der Waals surface area contributed by atoms with E-state index in [1.807, 2.05) is 30.3 Å². The normalized spacial score (nSPS) is 10.6. The zero-order valence-corrected chi connectivity index (χ0v) is 9.83. The van der Waals surface area contributed by atoms with Crippen LogP contribution in [0.15, 0.2) is 30.3 Å². The molecule has 2 aromatic rings. The second-order valence-corrected chi connectivity index (χ2v) is 4.43. The van der Waals surface area contributed by atoms with Crippen LogP contribution in [0.1, 0.15) is 10.6 Å². The number of ether oxygens (including phenoxy) is 1. The van der Waals surface area contributed by atoms with Gasteiger partial charge in [-0.15, -0.1) is 11.3 Å². The van der Waals surface area contributed by atoms with E-state index in [1.165, 1.54) is 11.3 Å². The predicted molar refractivity (Wildman–Crippen MR) is 64.2 cm³/mol. The summed E-state index contributed by atoms with van der Waals surface area (Å²) in [7, 11) is 1.63. The lowest BCUT2D eigenvalue weighted by molar-refractivity contribution is 0.179. The van der Waals surface area contributed by atoms with Crippen LogP contribution in [0.5, 0.6) is 0 Å². The van der Waals surface area contributed by atoms with Gasteiger partial charge in [0.25, 0.3) is 0 Å². The Morgan fingerprint density at radius 2 is 2.06 bits per heavy atom. The Kier molecular flexibility index (Phi) is 3.66. The number of hydrogen-bond acceptors (Lipinski definition) is 4. The van der Waals surface area contributed by atoms with Gasteiger partial charge in [0.1, 0.15) is 5.01 Å². The zero-order chi connectivity index (χ0) is 11.4. The summed E-state index contributed by atoms with van der Waals surface area (Å²) in [5.74, 6) is 0. The molecule has 0 radical (unpaired) electrons. The molecule has 1 heterocycles. The summed E-state index contributed by atoms with van der Waals surface area (Å²) in [6, 6.07) is 9.95. The Bertz CT molecular complexity index is 453. The lowest BCUT2D eigenvalue weighted by Crippen LogP contribution is -1.92. The molecule has 0 spiro atoms. The molecule has 0 saturated carbocycles. The largest absolute Gasteiger partial charge is 0.391 e. The fourth-order valence-corrected chi connectivity index (χ4v) is 2.39. The molecule has 0 aliphatic heterocycles. The van der Waals surface area contributed by atoms with Gasteiger partial charge in [0.05, 0.1) is 23.8 Å². The van der Waals surface area contributed by atoms with Crippen LogP contribution in [0.3, 0.4) is 0 Å². The third-order valence-electron chi connectivity index (χ3n) is 2.22. The van der Waals surface area contributed by atoms with E-state index >= 15 is 0 Å². The molecule has 0 atom stereocenters. The van der Waals surface area contributed by atoms with Crippen molar-refractivity contribution in [3.05, 3.63) is 40.9 Å². The molecule has 84 valence electrons. The van der Waals surface area contributed by atoms with Gasteiger partial charge < -0.3 is 9.84 Å². The monoisotopic (exact) mass is 235 g/mol. The summed E-state index contributed by atoms with van der Waals surface area (Å²) in [6.07, 6.45) is 0. The second-order valence-electron chi connectivity index (χ2n) is 3.35. The average Bonchev–Trinajstić information content (AvgIpc) is 2.74. The van der Waals surface area contributed by atoms with Crippen LogP contribution >= 0.6 is 11.3 Å². The van der Waals surface area contributed by atoms with E-state index in [0.29, 0.717) is 6.61 Å². The summed E-state index contributed by atoms with van der Waals surface area (Å²) >= 11 is 1.51. The first-order valence-corrected chi connectivity index (χ1v) is 5.80. The standard InChI is InChI=1S/C12H13NO2S/c1-15-8-10-11(7-14)16-12(13-10)9-5-3-2-4-6-9/h2-6,14H,7-8H2,1H3. The first kappa shape index (κ1) is 11.3. The van der Waals surface area contributed by atoms with Crippen molar-refractivity contribution in [3.8, 4) is 10.6 Å². The predicted octanol–water partition coefficient (Wildman–Crippen LogP) is 2.45. The van der Waals surface area contributed by atoms with E-state index < -0.39 is 0 Å². The van der Waals surface area contributed by atoms with Gasteiger partial charge in [-0.25, -0.2) is 4.98 Å². The highest BCUT2D eigenvalue weighted by Crippen LogP contribution is 2.28. The maximum absolute atomic E-state index is 9.22. The maximum atomic E-state index is 9.22. The van der Waals surface area contributed by atoms with Crippen LogP contribution < -0.4 is 0 Å². The van der Waals surface area contributed by atoms with Crippen molar-refractivity contribution in [2.45, 2.75) is 13.2 Å². The molecule has 4 heteroatoms. The van der Waals surface area contributed by atoms with Crippen LogP contribution in [-0.2, 0) is 18.0 Å². The van der Waals surface area contributed by atoms with E-state index in [9.17, 15) is 5.11 Å². The molecule has 1 aromatic heterocycles. The zero-order valence-electron chi connectivity index (χ0n) is 9.01. The molecule has 3 nitrogen and oxygen atoms in total. The molecule has 0 aliphatic carbocycles. The fourth-order valence-electron chi connectivity index (χ4n) is 1.46. The summed E-state index contributed by atoms with van der Waals surface area (Å²) in [6.45, 7) is 0.461. The smallest absolute Gasteiger partial charge is 0.124 e. The molecule has 0 aliphatic rings. The number of aromatic nitrogens is 1. The first-order valence-electron chi connectivity index (χ1n) is 4.99. The number of hydrogen-bond donors (Lipinski definition) is 1. The number of aliphatic hydroxyl groups excluding tert-OH is 1. The number of nitrogens with zero attached hydrogens (tertiary/aromatic N) is 1. The van der Waals surface area contributed by atoms with Crippen LogP contribution in [0.2, 0.25) is 0 Å². The summed E-state index contributed by atoms with van der Waals surface area (Å²) in [4.78, 5) is 5.35. The molecule has 2 rings (SSSR count). The van der Waals surface area contributed by atoms with Crippen LogP contribution in [0.25, 0.3) is 10.6 Å². The second kappa shape index (κ2) is 5.21. The van der Waals surface area contributed by atoms with Gasteiger partial charge in [0.15, 0.2) is 0 Å². The molecule has 0 amide bonds. The SMILES string of the molecule is COCc1nc(-c2ccccc2)sc1CO. The van der Waals surface area contributed by atoms with Crippen LogP contribution in [-0.4, -0.2) is 17.2 Å². The third-order valence-corrected chi connectivity index (χ3v) is 3.36. The minimum absolute atomic E-state index is 0.0171. The number of benzene rings is 1. The minimum Gasteiger partial charge on any atom is -0.391 e. The van der Waals surface area contributed by atoms with Crippen molar-refractivity contribution >= 4 is 11.3 Å². The van der Waals surface area contributed by atoms with Crippen molar-refractivity contribution in [1.29, 1.82) is 0 Å². The van der Waals surface area contributed by atoms with E-state index in [0.717, 1.165) is 21.1 Å². The first-order chi connectivity index (χ1) is 7.85. The summed E-state index contributed by atoms with van der Waals surface area (Å²) < 4.78 is 5.05. The Hall–Kier alpha value is -1.23. The molecule has 0 fully saturated rings. The fraction of sp³-hybridized carbons (Fsp3) is 0.250. The molecule has 0 unspecified atom stereocenters. The summed E-state index contributed by atoms with van der Waals surface area (Å²) in [5.41, 5.74) is 1.90. The Balaban J connectivity index is 2.36. The number of methoxy groups -OCH3 is 1. The van der Waals surface area contributed by atoms with Gasteiger partial charge in [0.2, 0.25) is 0 Å². The highest BCUT2D eigenvalue weighted by Gasteiger charge is 2.11. The Morgan fingerprint density at radius 1 is 1.31 bits per heavy atom. The van der Waals surface area contributed by atoms with Gasteiger partial charge in [0, 0.05) is 12.7 Å². The van der Waals surface area contributed by atoms with Crippen molar-refractivity contribution in [2.75, 3.05) is 7.11 Å². The maximum Gasteiger partial charge on any atom is 0.124 e. The van der Waals surface area contributed by atoms with E-state index in [2.05, 4.69) is 4.98 Å². The topological polar surface area (TPSA) is 42.4 Å². The lowest BCUT2D eigenvalue weighted by Gasteiger charge is -1.95. The number of rotatable bonds is 4. The Morgan fingerprint density at radius 3 is 2.69 bits per heavy atom. The average molecular weight is 235 g/mol. The minimum atomic E-state index is 0.0171. The van der Waals surface area contributed by atoms with E-state index in [-0.39, 0.29) is 6.61 Å². The van der Waals surface area contributed by atoms with Gasteiger partial charge >= 0.3 is 0 Å². The van der Waals surface area contributed by atoms with Crippen LogP contribution in [0, 0.1) is 0 Å². The highest BCUT2D eigenvalue weighted by molar-refractivity contribution is 7.15. The van der Waals surface area contributed by atoms with Crippen LogP contribution in [0.4, 0.5) is 0 Å². The number of aliphatic hydroxyl groups is 1. The van der Waals surface area contributed by atoms with Gasteiger partial charge in [-0.3, -0.25) is 0 Å². The molecule has 16 heavy (non-hydrogen) atoms. The van der Waals surface area contributed by atoms with E-state index in [4.69, 9.17) is 4.74 Å². The lowest BCUT2D eigenvalue weighted by atomic mass is 10.2. The quantitative estimate of drug-likeness (QED) is 0.885. The molecule has 1 N–H and O–H groups in total. The van der Waals surface area contributed by atoms with Crippen molar-refractivity contribution in [1.82, 2.24) is 4.98 Å². The number of thiazole rings is 1. The van der Waals surface area contributed by atoms with Gasteiger partial charge in [-0.1, -0.05) is 30.3 Å². The van der Waals surface area contributed by atoms with Crippen molar-refractivity contribution in [2.24, 2.45) is 0 Å². The molecule has 0 bridgehead atoms. The van der Waals surface area contributed by atoms with Crippen molar-refractivity contribution in [3.63, 3.8) is 0 Å².